The molecular weight excluding hydrogens is 783 g/mol. The highest BCUT2D eigenvalue weighted by Crippen LogP contribution is 2.40. The van der Waals surface area contributed by atoms with E-state index in [1.54, 1.807) is 12.1 Å². The molecule has 0 aliphatic heterocycles. The summed E-state index contributed by atoms with van der Waals surface area (Å²) in [5.74, 6) is 2.93. The lowest BCUT2D eigenvalue weighted by Gasteiger charge is -2.29. The summed E-state index contributed by atoms with van der Waals surface area (Å²) in [4.78, 5) is 0. The minimum Gasteiger partial charge on any atom is -0.206 e. The highest BCUT2D eigenvalue weighted by molar-refractivity contribution is 5.72. The molecule has 0 heterocycles. The van der Waals surface area contributed by atoms with E-state index < -0.39 is 0 Å². The van der Waals surface area contributed by atoms with Crippen LogP contribution >= 0.6 is 0 Å². The summed E-state index contributed by atoms with van der Waals surface area (Å²) in [6.45, 7) is 8.85. The predicted octanol–water partition coefficient (Wildman–Crippen LogP) is 19.2. The minimum absolute atomic E-state index is 0.151. The molecule has 0 unspecified atom stereocenters. The van der Waals surface area contributed by atoms with Crippen molar-refractivity contribution in [3.8, 4) is 44.5 Å². The van der Waals surface area contributed by atoms with E-state index in [1.165, 1.54) is 125 Å². The molecule has 6 aromatic carbocycles. The Morgan fingerprint density at radius 1 is 0.359 bits per heavy atom. The Morgan fingerprint density at radius 2 is 0.688 bits per heavy atom. The monoisotopic (exact) mass is 857 g/mol. The quantitative estimate of drug-likeness (QED) is 0.0851. The van der Waals surface area contributed by atoms with Crippen molar-refractivity contribution in [3.05, 3.63) is 167 Å². The van der Waals surface area contributed by atoms with Crippen molar-refractivity contribution in [2.24, 2.45) is 11.8 Å². The van der Waals surface area contributed by atoms with Crippen molar-refractivity contribution in [2.75, 3.05) is 0 Å². The standard InChI is InChI=1S/2C31H37F/c1-3-5-6-7-24-10-12-25(13-11-24)26-16-18-27(19-17-26)29-20-21-30(31(32)22-29)28-14-8-23(4-2)9-15-28;1-3-5-6-7-24-10-14-25(15-11-24)26-16-18-28(19-17-26)30-21-20-29(22-31(30)32)27-12-8-23(4-2)9-13-27/h8-9,14-22,24-25H,3-7,10-13H2,1-2H3;8-9,12-13,16-22,24-25H,3-7,10-11,14-15H2,1-2H3. The van der Waals surface area contributed by atoms with Gasteiger partial charge in [-0.15, -0.1) is 0 Å². The van der Waals surface area contributed by atoms with Gasteiger partial charge in [0.25, 0.3) is 0 Å². The third kappa shape index (κ3) is 12.7. The number of unbranched alkanes of at least 4 members (excludes halogenated alkanes) is 4. The average Bonchev–Trinajstić information content (AvgIpc) is 3.35. The predicted molar refractivity (Wildman–Crippen MR) is 271 cm³/mol. The van der Waals surface area contributed by atoms with Crippen LogP contribution in [0.5, 0.6) is 0 Å². The summed E-state index contributed by atoms with van der Waals surface area (Å²) in [6, 6.07) is 45.5. The smallest absolute Gasteiger partial charge is 0.131 e. The van der Waals surface area contributed by atoms with Crippen molar-refractivity contribution in [1.82, 2.24) is 0 Å². The summed E-state index contributed by atoms with van der Waals surface area (Å²) in [6.07, 6.45) is 23.8. The molecule has 6 aromatic rings. The van der Waals surface area contributed by atoms with Crippen LogP contribution in [0.1, 0.15) is 165 Å². The third-order valence-corrected chi connectivity index (χ3v) is 14.8. The first-order valence-corrected chi connectivity index (χ1v) is 25.3. The van der Waals surface area contributed by atoms with Gasteiger partial charge in [-0.3, -0.25) is 0 Å². The summed E-state index contributed by atoms with van der Waals surface area (Å²) < 4.78 is 29.9. The summed E-state index contributed by atoms with van der Waals surface area (Å²) in [7, 11) is 0. The van der Waals surface area contributed by atoms with E-state index >= 15 is 0 Å². The van der Waals surface area contributed by atoms with Crippen molar-refractivity contribution < 1.29 is 8.78 Å². The molecule has 0 N–H and O–H groups in total. The minimum atomic E-state index is -0.155. The van der Waals surface area contributed by atoms with Crippen LogP contribution in [0.25, 0.3) is 44.5 Å². The van der Waals surface area contributed by atoms with E-state index in [1.807, 2.05) is 36.4 Å². The first kappa shape index (κ1) is 47.2. The van der Waals surface area contributed by atoms with Crippen LogP contribution in [0.2, 0.25) is 0 Å². The highest BCUT2D eigenvalue weighted by atomic mass is 19.1. The molecule has 0 nitrogen and oxygen atoms in total. The van der Waals surface area contributed by atoms with E-state index in [2.05, 4.69) is 113 Å². The Labute approximate surface area is 386 Å². The van der Waals surface area contributed by atoms with Gasteiger partial charge in [0.1, 0.15) is 11.6 Å². The molecule has 8 rings (SSSR count). The molecule has 0 saturated heterocycles. The van der Waals surface area contributed by atoms with Crippen molar-refractivity contribution in [3.63, 3.8) is 0 Å². The maximum atomic E-state index is 15.0. The van der Waals surface area contributed by atoms with Gasteiger partial charge in [0.05, 0.1) is 0 Å². The lowest BCUT2D eigenvalue weighted by atomic mass is 9.77. The van der Waals surface area contributed by atoms with Crippen LogP contribution in [-0.2, 0) is 12.8 Å². The fourth-order valence-corrected chi connectivity index (χ4v) is 10.5. The van der Waals surface area contributed by atoms with Crippen LogP contribution in [-0.4, -0.2) is 0 Å². The second-order valence-corrected chi connectivity index (χ2v) is 19.2. The lowest BCUT2D eigenvalue weighted by Crippen LogP contribution is -2.13. The largest absolute Gasteiger partial charge is 0.206 e. The topological polar surface area (TPSA) is 0 Å². The maximum absolute atomic E-state index is 15.0. The fraction of sp³-hybridized carbons (Fsp3) is 0.419. The molecule has 0 atom stereocenters. The Kier molecular flexibility index (Phi) is 17.6. The summed E-state index contributed by atoms with van der Waals surface area (Å²) in [5.41, 5.74) is 12.7. The zero-order chi connectivity index (χ0) is 44.7. The first-order chi connectivity index (χ1) is 31.3. The van der Waals surface area contributed by atoms with Gasteiger partial charge in [0.15, 0.2) is 0 Å². The normalized spacial score (nSPS) is 18.6. The van der Waals surface area contributed by atoms with E-state index in [9.17, 15) is 8.78 Å². The number of aryl methyl sites for hydroxylation is 2. The molecule has 2 aliphatic rings. The number of hydrogen-bond donors (Lipinski definition) is 0. The zero-order valence-electron chi connectivity index (χ0n) is 39.5. The number of hydrogen-bond acceptors (Lipinski definition) is 0. The fourth-order valence-electron chi connectivity index (χ4n) is 10.5. The highest BCUT2D eigenvalue weighted by Gasteiger charge is 2.23. The zero-order valence-corrected chi connectivity index (χ0v) is 39.5. The van der Waals surface area contributed by atoms with Crippen LogP contribution in [0, 0.1) is 23.5 Å². The van der Waals surface area contributed by atoms with Crippen molar-refractivity contribution in [1.29, 1.82) is 0 Å². The van der Waals surface area contributed by atoms with Crippen molar-refractivity contribution >= 4 is 0 Å². The van der Waals surface area contributed by atoms with Crippen LogP contribution in [0.15, 0.2) is 133 Å². The van der Waals surface area contributed by atoms with Gasteiger partial charge < -0.3 is 0 Å². The Morgan fingerprint density at radius 3 is 1.03 bits per heavy atom. The van der Waals surface area contributed by atoms with Crippen LogP contribution in [0.3, 0.4) is 0 Å². The lowest BCUT2D eigenvalue weighted by molar-refractivity contribution is 0.303. The molecule has 2 fully saturated rings. The second kappa shape index (κ2) is 23.9. The first-order valence-electron chi connectivity index (χ1n) is 25.3. The molecule has 0 aromatic heterocycles. The molecule has 2 heteroatoms. The van der Waals surface area contributed by atoms with E-state index in [4.69, 9.17) is 0 Å². The van der Waals surface area contributed by atoms with E-state index in [0.717, 1.165) is 58.1 Å². The van der Waals surface area contributed by atoms with Gasteiger partial charge in [-0.25, -0.2) is 8.78 Å². The van der Waals surface area contributed by atoms with Gasteiger partial charge in [-0.2, -0.15) is 0 Å². The van der Waals surface area contributed by atoms with Gasteiger partial charge >= 0.3 is 0 Å². The molecule has 336 valence electrons. The number of rotatable bonds is 16. The molecule has 0 radical (unpaired) electrons. The van der Waals surface area contributed by atoms with Gasteiger partial charge in [-0.05, 0) is 156 Å². The van der Waals surface area contributed by atoms with Gasteiger partial charge in [-0.1, -0.05) is 200 Å². The van der Waals surface area contributed by atoms with E-state index in [-0.39, 0.29) is 11.6 Å². The summed E-state index contributed by atoms with van der Waals surface area (Å²) >= 11 is 0. The Balaban J connectivity index is 0.000000191. The average molecular weight is 857 g/mol. The molecule has 0 amide bonds. The van der Waals surface area contributed by atoms with Gasteiger partial charge in [0, 0.05) is 11.1 Å². The Bertz CT molecular complexity index is 2280. The van der Waals surface area contributed by atoms with Crippen LogP contribution < -0.4 is 0 Å². The Hall–Kier alpha value is -4.82. The molecular formula is C62H74F2. The van der Waals surface area contributed by atoms with E-state index in [0.29, 0.717) is 23.0 Å². The van der Waals surface area contributed by atoms with Crippen LogP contribution in [0.4, 0.5) is 8.78 Å². The second-order valence-electron chi connectivity index (χ2n) is 19.2. The number of halogens is 2. The molecule has 64 heavy (non-hydrogen) atoms. The van der Waals surface area contributed by atoms with Crippen molar-refractivity contribution in [2.45, 2.75) is 155 Å². The van der Waals surface area contributed by atoms with Gasteiger partial charge in [0.2, 0.25) is 0 Å². The SMILES string of the molecule is CCCCCC1CCC(c2ccc(-c3ccc(-c4ccc(CC)cc4)c(F)c3)cc2)CC1.CCCCCC1CCC(c2ccc(-c3ccc(-c4ccc(CC)cc4)cc3F)cc2)CC1. The molecule has 0 bridgehead atoms. The third-order valence-electron chi connectivity index (χ3n) is 14.8. The molecule has 2 aliphatic carbocycles. The summed E-state index contributed by atoms with van der Waals surface area (Å²) in [5, 5.41) is 0. The molecule has 0 spiro atoms. The molecule has 2 saturated carbocycles. The number of benzene rings is 6. The maximum Gasteiger partial charge on any atom is 0.131 e.